The molecular weight excluding hydrogens is 365 g/mol. The van der Waals surface area contributed by atoms with E-state index in [1.165, 1.54) is 12.1 Å². The van der Waals surface area contributed by atoms with E-state index in [2.05, 4.69) is 27.9 Å². The van der Waals surface area contributed by atoms with Crippen molar-refractivity contribution in [3.63, 3.8) is 0 Å². The van der Waals surface area contributed by atoms with E-state index < -0.39 is 5.97 Å². The topological polar surface area (TPSA) is 66.4 Å². The molecule has 0 saturated heterocycles. The first-order valence-corrected chi connectivity index (χ1v) is 8.20. The summed E-state index contributed by atoms with van der Waals surface area (Å²) in [7, 11) is 0. The van der Waals surface area contributed by atoms with Gasteiger partial charge in [0.1, 0.15) is 0 Å². The van der Waals surface area contributed by atoms with E-state index in [4.69, 9.17) is 5.11 Å². The Morgan fingerprint density at radius 3 is 2.50 bits per heavy atom. The maximum atomic E-state index is 12.0. The molecular formula is C12H14INO3S. The fourth-order valence-corrected chi connectivity index (χ4v) is 3.01. The maximum absolute atomic E-state index is 12.0. The van der Waals surface area contributed by atoms with Gasteiger partial charge in [0.05, 0.1) is 11.1 Å². The van der Waals surface area contributed by atoms with Crippen LogP contribution >= 0.6 is 34.4 Å². The van der Waals surface area contributed by atoms with Gasteiger partial charge in [-0.05, 0) is 18.4 Å². The Bertz CT molecular complexity index is 439. The van der Waals surface area contributed by atoms with Gasteiger partial charge in [-0.15, -0.1) is 0 Å². The number of carboxylic acids is 1. The molecule has 0 bridgehead atoms. The second kappa shape index (κ2) is 7.63. The third kappa shape index (κ3) is 4.16. The van der Waals surface area contributed by atoms with Gasteiger partial charge in [0, 0.05) is 16.2 Å². The Morgan fingerprint density at radius 1 is 1.39 bits per heavy atom. The molecule has 18 heavy (non-hydrogen) atoms. The molecule has 1 amide bonds. The number of alkyl halides is 1. The summed E-state index contributed by atoms with van der Waals surface area (Å²) in [5.74, 6) is -0.607. The number of aromatic carboxylic acids is 1. The molecule has 0 aliphatic heterocycles. The van der Waals surface area contributed by atoms with Crippen molar-refractivity contribution < 1.29 is 14.7 Å². The number of nitrogens with one attached hydrogen (secondary N) is 1. The molecule has 0 aromatic heterocycles. The summed E-state index contributed by atoms with van der Waals surface area (Å²) in [5.41, 5.74) is 0.243. The zero-order chi connectivity index (χ0) is 13.5. The number of amides is 1. The molecule has 0 aliphatic carbocycles. The minimum absolute atomic E-state index is 0.0337. The van der Waals surface area contributed by atoms with Crippen LogP contribution in [0.25, 0.3) is 0 Å². The molecule has 0 radical (unpaired) electrons. The van der Waals surface area contributed by atoms with Crippen LogP contribution in [-0.2, 0) is 0 Å². The van der Waals surface area contributed by atoms with Crippen LogP contribution in [0.4, 0.5) is 0 Å². The van der Waals surface area contributed by atoms with Crippen LogP contribution in [0.5, 0.6) is 0 Å². The molecule has 1 rings (SSSR count). The summed E-state index contributed by atoms with van der Waals surface area (Å²) < 4.78 is 0.791. The average molecular weight is 379 g/mol. The monoisotopic (exact) mass is 379 g/mol. The number of halogens is 1. The van der Waals surface area contributed by atoms with Gasteiger partial charge >= 0.3 is 5.97 Å². The third-order valence-electron chi connectivity index (χ3n) is 2.29. The smallest absolute Gasteiger partial charge is 0.336 e. The maximum Gasteiger partial charge on any atom is 0.336 e. The van der Waals surface area contributed by atoms with Crippen LogP contribution < -0.4 is 5.32 Å². The van der Waals surface area contributed by atoms with E-state index in [0.717, 1.165) is 10.2 Å². The summed E-state index contributed by atoms with van der Waals surface area (Å²) in [6.07, 6.45) is 1.97. The number of thioether (sulfide) groups is 1. The quantitative estimate of drug-likeness (QED) is 0.588. The van der Waals surface area contributed by atoms with Crippen molar-refractivity contribution in [1.82, 2.24) is 5.32 Å². The van der Waals surface area contributed by atoms with E-state index in [0.29, 0.717) is 0 Å². The summed E-state index contributed by atoms with van der Waals surface area (Å²) in [5, 5.41) is 11.9. The van der Waals surface area contributed by atoms with E-state index in [1.54, 1.807) is 23.9 Å². The van der Waals surface area contributed by atoms with Crippen molar-refractivity contribution in [3.8, 4) is 0 Å². The molecule has 0 spiro atoms. The average Bonchev–Trinajstić information content (AvgIpc) is 2.38. The second-order valence-electron chi connectivity index (χ2n) is 3.63. The molecule has 2 N–H and O–H groups in total. The summed E-state index contributed by atoms with van der Waals surface area (Å²) in [4.78, 5) is 23.0. The molecule has 0 heterocycles. The fourth-order valence-electron chi connectivity index (χ4n) is 1.46. The number of hydrogen-bond donors (Lipinski definition) is 2. The Morgan fingerprint density at radius 2 is 2.00 bits per heavy atom. The molecule has 0 saturated carbocycles. The van der Waals surface area contributed by atoms with Gasteiger partial charge in [0.2, 0.25) is 0 Å². The highest BCUT2D eigenvalue weighted by molar-refractivity contribution is 14.1. The Balaban J connectivity index is 2.87. The molecule has 1 aromatic carbocycles. The Hall–Kier alpha value is -0.760. The zero-order valence-electron chi connectivity index (χ0n) is 9.85. The predicted octanol–water partition coefficient (Wildman–Crippen LogP) is 2.28. The normalized spacial score (nSPS) is 11.9. The lowest BCUT2D eigenvalue weighted by molar-refractivity contribution is 0.0690. The van der Waals surface area contributed by atoms with Gasteiger partial charge in [-0.1, -0.05) is 34.7 Å². The molecule has 98 valence electrons. The van der Waals surface area contributed by atoms with Gasteiger partial charge in [-0.3, -0.25) is 4.79 Å². The lowest BCUT2D eigenvalue weighted by Gasteiger charge is -2.15. The highest BCUT2D eigenvalue weighted by atomic mass is 127. The number of rotatable bonds is 6. The first-order valence-electron chi connectivity index (χ1n) is 5.28. The zero-order valence-corrected chi connectivity index (χ0v) is 12.8. The molecule has 1 aromatic rings. The van der Waals surface area contributed by atoms with Crippen LogP contribution in [-0.4, -0.2) is 39.5 Å². The van der Waals surface area contributed by atoms with Crippen molar-refractivity contribution in [3.05, 3.63) is 35.4 Å². The molecule has 1 unspecified atom stereocenters. The van der Waals surface area contributed by atoms with Gasteiger partial charge < -0.3 is 10.4 Å². The van der Waals surface area contributed by atoms with Crippen LogP contribution in [0.1, 0.15) is 20.7 Å². The Kier molecular flexibility index (Phi) is 6.48. The number of carbonyl (C=O) groups is 2. The van der Waals surface area contributed by atoms with Gasteiger partial charge in [-0.25, -0.2) is 4.79 Å². The molecule has 4 nitrogen and oxygen atoms in total. The largest absolute Gasteiger partial charge is 0.478 e. The van der Waals surface area contributed by atoms with Gasteiger partial charge in [0.15, 0.2) is 0 Å². The molecule has 0 aliphatic rings. The summed E-state index contributed by atoms with van der Waals surface area (Å²) in [6.45, 7) is 0. The van der Waals surface area contributed by atoms with Crippen LogP contribution in [0.2, 0.25) is 0 Å². The van der Waals surface area contributed by atoms with E-state index in [9.17, 15) is 9.59 Å². The van der Waals surface area contributed by atoms with Crippen LogP contribution in [0.15, 0.2) is 24.3 Å². The van der Waals surface area contributed by atoms with E-state index >= 15 is 0 Å². The molecule has 0 fully saturated rings. The number of carboxylic acid groups (broad SMARTS) is 1. The first-order chi connectivity index (χ1) is 8.60. The molecule has 1 atom stereocenters. The van der Waals surface area contributed by atoms with Crippen molar-refractivity contribution in [2.75, 3.05) is 16.4 Å². The Labute approximate surface area is 124 Å². The third-order valence-corrected chi connectivity index (χ3v) is 4.09. The first kappa shape index (κ1) is 15.3. The van der Waals surface area contributed by atoms with Crippen molar-refractivity contribution in [1.29, 1.82) is 0 Å². The second-order valence-corrected chi connectivity index (χ2v) is 5.42. The van der Waals surface area contributed by atoms with Crippen LogP contribution in [0.3, 0.4) is 0 Å². The number of carbonyl (C=O) groups excluding carboxylic acids is 1. The SMILES string of the molecule is CSCC(CI)NC(=O)c1ccccc1C(=O)O. The molecule has 6 heteroatoms. The number of benzene rings is 1. The summed E-state index contributed by atoms with van der Waals surface area (Å²) >= 11 is 3.85. The van der Waals surface area contributed by atoms with Crippen molar-refractivity contribution >= 4 is 46.2 Å². The van der Waals surface area contributed by atoms with E-state index in [1.807, 2.05) is 6.26 Å². The fraction of sp³-hybridized carbons (Fsp3) is 0.333. The highest BCUT2D eigenvalue weighted by Crippen LogP contribution is 2.10. The standard InChI is InChI=1S/C12H14INO3S/c1-18-7-8(6-13)14-11(15)9-4-2-3-5-10(9)12(16)17/h2-5,8H,6-7H2,1H3,(H,14,15)(H,16,17). The number of hydrogen-bond acceptors (Lipinski definition) is 3. The lowest BCUT2D eigenvalue weighted by atomic mass is 10.1. The minimum atomic E-state index is -1.09. The van der Waals surface area contributed by atoms with Crippen molar-refractivity contribution in [2.24, 2.45) is 0 Å². The summed E-state index contributed by atoms with van der Waals surface area (Å²) in [6, 6.07) is 6.29. The lowest BCUT2D eigenvalue weighted by Crippen LogP contribution is -2.38. The van der Waals surface area contributed by atoms with Crippen LogP contribution in [0, 0.1) is 0 Å². The highest BCUT2D eigenvalue weighted by Gasteiger charge is 2.18. The minimum Gasteiger partial charge on any atom is -0.478 e. The van der Waals surface area contributed by atoms with Crippen molar-refractivity contribution in [2.45, 2.75) is 6.04 Å². The van der Waals surface area contributed by atoms with Gasteiger partial charge in [0.25, 0.3) is 5.91 Å². The predicted molar refractivity (Wildman–Crippen MR) is 81.9 cm³/mol. The van der Waals surface area contributed by atoms with E-state index in [-0.39, 0.29) is 23.1 Å². The van der Waals surface area contributed by atoms with Gasteiger partial charge in [-0.2, -0.15) is 11.8 Å².